The van der Waals surface area contributed by atoms with Crippen molar-refractivity contribution in [3.8, 4) is 0 Å². The molecule has 0 aromatic carbocycles. The zero-order valence-electron chi connectivity index (χ0n) is 6.64. The second-order valence-electron chi connectivity index (χ2n) is 2.39. The molecule has 1 heterocycles. The summed E-state index contributed by atoms with van der Waals surface area (Å²) in [5.74, 6) is -0.697. The van der Waals surface area contributed by atoms with Crippen LogP contribution in [-0.4, -0.2) is 26.1 Å². The summed E-state index contributed by atoms with van der Waals surface area (Å²) in [4.78, 5) is 10.6. The van der Waals surface area contributed by atoms with E-state index < -0.39 is 12.0 Å². The number of hydrogen-bond donors (Lipinski definition) is 2. The van der Waals surface area contributed by atoms with Crippen LogP contribution in [0.1, 0.15) is 19.4 Å². The van der Waals surface area contributed by atoms with Crippen LogP contribution in [0.5, 0.6) is 0 Å². The number of nitrogens with two attached hydrogens (primary N) is 1. The quantitative estimate of drug-likeness (QED) is 0.660. The zero-order chi connectivity index (χ0) is 9.14. The lowest BCUT2D eigenvalue weighted by Crippen LogP contribution is -2.18. The van der Waals surface area contributed by atoms with Crippen molar-refractivity contribution in [2.45, 2.75) is 19.4 Å². The molecule has 1 aromatic heterocycles. The Morgan fingerprint density at radius 3 is 2.92 bits per heavy atom. The van der Waals surface area contributed by atoms with Crippen LogP contribution in [0.25, 0.3) is 0 Å². The molecule has 0 fully saturated rings. The lowest BCUT2D eigenvalue weighted by atomic mass is 10.2. The molecule has 1 unspecified atom stereocenters. The number of aliphatic carboxylic acids is 1. The number of carboxylic acids is 1. The van der Waals surface area contributed by atoms with Gasteiger partial charge in [-0.25, -0.2) is 9.48 Å². The average Bonchev–Trinajstić information content (AvgIpc) is 2.37. The van der Waals surface area contributed by atoms with Gasteiger partial charge in [0, 0.05) is 0 Å². The molecular weight excluding hydrogens is 160 g/mol. The van der Waals surface area contributed by atoms with Gasteiger partial charge in [-0.2, -0.15) is 0 Å². The highest BCUT2D eigenvalue weighted by Gasteiger charge is 2.17. The molecule has 12 heavy (non-hydrogen) atoms. The average molecular weight is 170 g/mol. The molecule has 6 nitrogen and oxygen atoms in total. The first-order chi connectivity index (χ1) is 5.65. The Morgan fingerprint density at radius 2 is 2.58 bits per heavy atom. The molecule has 0 saturated heterocycles. The maximum Gasteiger partial charge on any atom is 0.328 e. The van der Waals surface area contributed by atoms with Crippen LogP contribution in [0, 0.1) is 0 Å². The minimum Gasteiger partial charge on any atom is -0.480 e. The van der Waals surface area contributed by atoms with Gasteiger partial charge in [-0.1, -0.05) is 12.1 Å². The van der Waals surface area contributed by atoms with E-state index in [1.54, 1.807) is 6.92 Å². The minimum atomic E-state index is -0.928. The van der Waals surface area contributed by atoms with Crippen molar-refractivity contribution in [2.24, 2.45) is 0 Å². The standard InChI is InChI=1S/C6H10N4O2/c1-2-4(6(11)12)10-3-5(7)8-9-10/h3-4H,2,7H2,1H3,(H,11,12). The monoisotopic (exact) mass is 170 g/mol. The summed E-state index contributed by atoms with van der Waals surface area (Å²) in [5, 5.41) is 15.8. The summed E-state index contributed by atoms with van der Waals surface area (Å²) in [6, 6.07) is -0.671. The third-order valence-electron chi connectivity index (χ3n) is 1.52. The van der Waals surface area contributed by atoms with Gasteiger partial charge in [0.15, 0.2) is 11.9 Å². The van der Waals surface area contributed by atoms with Crippen LogP contribution in [0.4, 0.5) is 5.82 Å². The number of carboxylic acid groups (broad SMARTS) is 1. The van der Waals surface area contributed by atoms with E-state index in [0.29, 0.717) is 6.42 Å². The molecule has 0 bridgehead atoms. The second-order valence-corrected chi connectivity index (χ2v) is 2.39. The number of rotatable bonds is 3. The van der Waals surface area contributed by atoms with Gasteiger partial charge in [-0.15, -0.1) is 5.10 Å². The van der Waals surface area contributed by atoms with Gasteiger partial charge in [0.2, 0.25) is 0 Å². The molecule has 0 amide bonds. The highest BCUT2D eigenvalue weighted by atomic mass is 16.4. The van der Waals surface area contributed by atoms with Gasteiger partial charge in [0.25, 0.3) is 0 Å². The van der Waals surface area contributed by atoms with E-state index in [-0.39, 0.29) is 5.82 Å². The van der Waals surface area contributed by atoms with Crippen molar-refractivity contribution >= 4 is 11.8 Å². The van der Waals surface area contributed by atoms with E-state index >= 15 is 0 Å². The summed E-state index contributed by atoms with van der Waals surface area (Å²) in [6.45, 7) is 1.76. The Morgan fingerprint density at radius 1 is 1.92 bits per heavy atom. The summed E-state index contributed by atoms with van der Waals surface area (Å²) < 4.78 is 1.25. The molecule has 66 valence electrons. The van der Waals surface area contributed by atoms with E-state index in [1.807, 2.05) is 0 Å². The number of nitrogen functional groups attached to an aromatic ring is 1. The predicted molar refractivity (Wildman–Crippen MR) is 41.4 cm³/mol. The van der Waals surface area contributed by atoms with Crippen molar-refractivity contribution in [3.63, 3.8) is 0 Å². The number of carbonyl (C=O) groups is 1. The topological polar surface area (TPSA) is 94.0 Å². The molecule has 0 saturated carbocycles. The molecule has 1 aromatic rings. The molecule has 0 radical (unpaired) electrons. The molecule has 1 rings (SSSR count). The number of hydrogen-bond acceptors (Lipinski definition) is 4. The van der Waals surface area contributed by atoms with Gasteiger partial charge in [-0.3, -0.25) is 0 Å². The lowest BCUT2D eigenvalue weighted by molar-refractivity contribution is -0.141. The Hall–Kier alpha value is -1.59. The van der Waals surface area contributed by atoms with E-state index in [4.69, 9.17) is 10.8 Å². The third-order valence-corrected chi connectivity index (χ3v) is 1.52. The number of nitrogens with zero attached hydrogens (tertiary/aromatic N) is 3. The first-order valence-corrected chi connectivity index (χ1v) is 3.55. The smallest absolute Gasteiger partial charge is 0.328 e. The largest absolute Gasteiger partial charge is 0.480 e. The van der Waals surface area contributed by atoms with E-state index in [0.717, 1.165) is 0 Å². The van der Waals surface area contributed by atoms with Crippen molar-refractivity contribution in [1.82, 2.24) is 15.0 Å². The molecule has 6 heteroatoms. The molecule has 1 atom stereocenters. The van der Waals surface area contributed by atoms with Crippen LogP contribution >= 0.6 is 0 Å². The predicted octanol–water partition coefficient (Wildman–Crippen LogP) is -0.104. The van der Waals surface area contributed by atoms with E-state index in [2.05, 4.69) is 10.3 Å². The van der Waals surface area contributed by atoms with Crippen molar-refractivity contribution < 1.29 is 9.90 Å². The SMILES string of the molecule is CCC(C(=O)O)n1cc(N)nn1. The zero-order valence-corrected chi connectivity index (χ0v) is 6.64. The highest BCUT2D eigenvalue weighted by molar-refractivity contribution is 5.71. The van der Waals surface area contributed by atoms with Crippen LogP contribution in [0.3, 0.4) is 0 Å². The van der Waals surface area contributed by atoms with Crippen LogP contribution < -0.4 is 5.73 Å². The molecule has 0 aliphatic rings. The molecule has 0 spiro atoms. The van der Waals surface area contributed by atoms with Gasteiger partial charge >= 0.3 is 5.97 Å². The number of anilines is 1. The first-order valence-electron chi connectivity index (χ1n) is 3.55. The van der Waals surface area contributed by atoms with Gasteiger partial charge < -0.3 is 10.8 Å². The summed E-state index contributed by atoms with van der Waals surface area (Å²) in [5.41, 5.74) is 5.28. The molecule has 0 aliphatic carbocycles. The van der Waals surface area contributed by atoms with Gasteiger partial charge in [0.05, 0.1) is 6.20 Å². The van der Waals surface area contributed by atoms with Gasteiger partial charge in [0.1, 0.15) is 0 Å². The third kappa shape index (κ3) is 1.52. The van der Waals surface area contributed by atoms with Crippen LogP contribution in [0.15, 0.2) is 6.20 Å². The van der Waals surface area contributed by atoms with Crippen molar-refractivity contribution in [2.75, 3.05) is 5.73 Å². The fourth-order valence-electron chi connectivity index (χ4n) is 0.918. The van der Waals surface area contributed by atoms with E-state index in [9.17, 15) is 4.79 Å². The lowest BCUT2D eigenvalue weighted by Gasteiger charge is -2.07. The second kappa shape index (κ2) is 3.21. The van der Waals surface area contributed by atoms with Crippen LogP contribution in [-0.2, 0) is 4.79 Å². The Balaban J connectivity index is 2.87. The minimum absolute atomic E-state index is 0.231. The maximum atomic E-state index is 10.6. The normalized spacial score (nSPS) is 12.8. The Bertz CT molecular complexity index is 283. The fourth-order valence-corrected chi connectivity index (χ4v) is 0.918. The number of aromatic nitrogens is 3. The first kappa shape index (κ1) is 8.51. The summed E-state index contributed by atoms with van der Waals surface area (Å²) >= 11 is 0. The van der Waals surface area contributed by atoms with E-state index in [1.165, 1.54) is 10.9 Å². The highest BCUT2D eigenvalue weighted by Crippen LogP contribution is 2.10. The molecular formula is C6H10N4O2. The van der Waals surface area contributed by atoms with Crippen molar-refractivity contribution in [1.29, 1.82) is 0 Å². The van der Waals surface area contributed by atoms with Gasteiger partial charge in [-0.05, 0) is 6.42 Å². The van der Waals surface area contributed by atoms with Crippen LogP contribution in [0.2, 0.25) is 0 Å². The van der Waals surface area contributed by atoms with Crippen molar-refractivity contribution in [3.05, 3.63) is 6.20 Å². The molecule has 0 aliphatic heterocycles. The fraction of sp³-hybridized carbons (Fsp3) is 0.500. The Labute approximate surface area is 69.0 Å². The Kier molecular flexibility index (Phi) is 2.27. The summed E-state index contributed by atoms with van der Waals surface area (Å²) in [7, 11) is 0. The molecule has 3 N–H and O–H groups in total. The summed E-state index contributed by atoms with van der Waals surface area (Å²) in [6.07, 6.45) is 1.86. The maximum absolute atomic E-state index is 10.6.